The average Bonchev–Trinajstić information content (AvgIpc) is 2.77. The Balaban J connectivity index is 1.63. The molecule has 0 radical (unpaired) electrons. The number of benzene rings is 3. The molecule has 4 rings (SSSR count). The van der Waals surface area contributed by atoms with E-state index < -0.39 is 5.97 Å². The van der Waals surface area contributed by atoms with Crippen LogP contribution in [0.4, 0.5) is 0 Å². The Kier molecular flexibility index (Phi) is 5.03. The summed E-state index contributed by atoms with van der Waals surface area (Å²) in [6.07, 6.45) is 0. The van der Waals surface area contributed by atoms with Crippen LogP contribution >= 0.6 is 0 Å². The van der Waals surface area contributed by atoms with Crippen LogP contribution < -0.4 is 5.32 Å². The minimum Gasteiger partial charge on any atom is -0.478 e. The Morgan fingerprint density at radius 3 is 2.28 bits per heavy atom. The van der Waals surface area contributed by atoms with E-state index in [4.69, 9.17) is 10.1 Å². The fraction of sp³-hybridized carbons (Fsp3) is 0.0417. The molecule has 1 amide bonds. The summed E-state index contributed by atoms with van der Waals surface area (Å²) in [6, 6.07) is 25.5. The van der Waals surface area contributed by atoms with E-state index in [0.717, 1.165) is 27.7 Å². The maximum absolute atomic E-state index is 13.0. The van der Waals surface area contributed by atoms with Crippen molar-refractivity contribution in [2.24, 2.45) is 0 Å². The van der Waals surface area contributed by atoms with Crippen LogP contribution in [0.25, 0.3) is 22.2 Å². The summed E-state index contributed by atoms with van der Waals surface area (Å²) in [4.78, 5) is 28.6. The molecular formula is C24H18N2O3. The highest BCUT2D eigenvalue weighted by atomic mass is 16.4. The van der Waals surface area contributed by atoms with Gasteiger partial charge in [0, 0.05) is 17.5 Å². The third-order valence-corrected chi connectivity index (χ3v) is 4.68. The normalized spacial score (nSPS) is 10.6. The van der Waals surface area contributed by atoms with E-state index in [-0.39, 0.29) is 11.5 Å². The maximum Gasteiger partial charge on any atom is 0.335 e. The number of carbonyl (C=O) groups excluding carboxylic acids is 1. The van der Waals surface area contributed by atoms with Crippen molar-refractivity contribution < 1.29 is 14.7 Å². The van der Waals surface area contributed by atoms with E-state index >= 15 is 0 Å². The van der Waals surface area contributed by atoms with Gasteiger partial charge in [-0.3, -0.25) is 4.79 Å². The lowest BCUT2D eigenvalue weighted by molar-refractivity contribution is 0.0696. The number of carboxylic acids is 1. The molecule has 0 bridgehead atoms. The van der Waals surface area contributed by atoms with Gasteiger partial charge in [-0.25, -0.2) is 9.78 Å². The Bertz CT molecular complexity index is 1190. The topological polar surface area (TPSA) is 79.3 Å². The zero-order valence-corrected chi connectivity index (χ0v) is 15.5. The smallest absolute Gasteiger partial charge is 0.335 e. The summed E-state index contributed by atoms with van der Waals surface area (Å²) in [5, 5.41) is 12.7. The number of carboxylic acid groups (broad SMARTS) is 1. The molecule has 5 nitrogen and oxygen atoms in total. The van der Waals surface area contributed by atoms with Crippen molar-refractivity contribution in [3.8, 4) is 11.3 Å². The van der Waals surface area contributed by atoms with Crippen molar-refractivity contribution in [3.63, 3.8) is 0 Å². The summed E-state index contributed by atoms with van der Waals surface area (Å²) in [5.41, 5.74) is 4.02. The van der Waals surface area contributed by atoms with Crippen molar-refractivity contribution in [2.75, 3.05) is 0 Å². The number of fused-ring (bicyclic) bond motifs is 1. The van der Waals surface area contributed by atoms with Gasteiger partial charge in [-0.05, 0) is 29.8 Å². The summed E-state index contributed by atoms with van der Waals surface area (Å²) in [7, 11) is 0. The van der Waals surface area contributed by atoms with Gasteiger partial charge in [0.05, 0.1) is 22.3 Å². The zero-order valence-electron chi connectivity index (χ0n) is 15.5. The molecule has 29 heavy (non-hydrogen) atoms. The second kappa shape index (κ2) is 7.94. The highest BCUT2D eigenvalue weighted by Crippen LogP contribution is 2.24. The maximum atomic E-state index is 13.0. The van der Waals surface area contributed by atoms with Crippen LogP contribution in [0.15, 0.2) is 84.9 Å². The number of para-hydroxylation sites is 1. The quantitative estimate of drug-likeness (QED) is 0.531. The molecule has 1 aromatic heterocycles. The first kappa shape index (κ1) is 18.4. The first-order valence-electron chi connectivity index (χ1n) is 9.17. The monoisotopic (exact) mass is 382 g/mol. The second-order valence-corrected chi connectivity index (χ2v) is 6.62. The number of hydrogen-bond acceptors (Lipinski definition) is 3. The van der Waals surface area contributed by atoms with Gasteiger partial charge in [-0.2, -0.15) is 0 Å². The lowest BCUT2D eigenvalue weighted by atomic mass is 10.0. The summed E-state index contributed by atoms with van der Waals surface area (Å²) in [6.45, 7) is 0.302. The number of carbonyl (C=O) groups is 2. The summed E-state index contributed by atoms with van der Waals surface area (Å²) < 4.78 is 0. The Morgan fingerprint density at radius 2 is 1.55 bits per heavy atom. The first-order valence-corrected chi connectivity index (χ1v) is 9.17. The van der Waals surface area contributed by atoms with Crippen molar-refractivity contribution in [1.29, 1.82) is 0 Å². The van der Waals surface area contributed by atoms with Crippen molar-refractivity contribution in [2.45, 2.75) is 6.54 Å². The molecule has 4 aromatic rings. The predicted molar refractivity (Wildman–Crippen MR) is 112 cm³/mol. The Labute approximate surface area is 167 Å². The molecule has 1 heterocycles. The van der Waals surface area contributed by atoms with Gasteiger partial charge >= 0.3 is 5.97 Å². The molecule has 3 aromatic carbocycles. The van der Waals surface area contributed by atoms with Crippen LogP contribution in [-0.4, -0.2) is 22.0 Å². The molecule has 0 fully saturated rings. The van der Waals surface area contributed by atoms with Crippen LogP contribution in [0.1, 0.15) is 26.3 Å². The van der Waals surface area contributed by atoms with Crippen molar-refractivity contribution >= 4 is 22.8 Å². The second-order valence-electron chi connectivity index (χ2n) is 6.62. The van der Waals surface area contributed by atoms with Crippen molar-refractivity contribution in [3.05, 3.63) is 102 Å². The number of rotatable bonds is 5. The number of aromatic carboxylic acids is 1. The largest absolute Gasteiger partial charge is 0.478 e. The van der Waals surface area contributed by atoms with E-state index in [0.29, 0.717) is 12.1 Å². The number of nitrogens with one attached hydrogen (secondary N) is 1. The van der Waals surface area contributed by atoms with Gasteiger partial charge in [0.15, 0.2) is 0 Å². The SMILES string of the molecule is O=C(O)c1ccc(CNC(=O)c2cc(-c3ccccc3)nc3ccccc23)cc1. The van der Waals surface area contributed by atoms with Crippen molar-refractivity contribution in [1.82, 2.24) is 10.3 Å². The van der Waals surface area contributed by atoms with E-state index in [9.17, 15) is 9.59 Å². The van der Waals surface area contributed by atoms with Gasteiger partial charge in [0.2, 0.25) is 0 Å². The van der Waals surface area contributed by atoms with Gasteiger partial charge in [-0.1, -0.05) is 60.7 Å². The molecule has 0 saturated carbocycles. The number of hydrogen-bond donors (Lipinski definition) is 2. The minimum atomic E-state index is -0.975. The van der Waals surface area contributed by atoms with Gasteiger partial charge in [0.1, 0.15) is 0 Å². The molecular weight excluding hydrogens is 364 g/mol. The fourth-order valence-electron chi connectivity index (χ4n) is 3.16. The lowest BCUT2D eigenvalue weighted by Gasteiger charge is -2.11. The number of pyridine rings is 1. The standard InChI is InChI=1S/C24H18N2O3/c27-23(25-15-16-10-12-18(13-11-16)24(28)29)20-14-22(17-6-2-1-3-7-17)26-21-9-5-4-8-19(20)21/h1-14H,15H2,(H,25,27)(H,28,29). The molecule has 0 aliphatic heterocycles. The molecule has 0 aliphatic carbocycles. The van der Waals surface area contributed by atoms with Crippen LogP contribution in [0.5, 0.6) is 0 Å². The highest BCUT2D eigenvalue weighted by molar-refractivity contribution is 6.07. The first-order chi connectivity index (χ1) is 14.1. The fourth-order valence-corrected chi connectivity index (χ4v) is 3.16. The molecule has 0 saturated heterocycles. The van der Waals surface area contributed by atoms with Crippen LogP contribution in [0, 0.1) is 0 Å². The molecule has 0 aliphatic rings. The Hall–Kier alpha value is -3.99. The Morgan fingerprint density at radius 1 is 0.862 bits per heavy atom. The number of nitrogens with zero attached hydrogens (tertiary/aromatic N) is 1. The van der Waals surface area contributed by atoms with Crippen LogP contribution in [0.2, 0.25) is 0 Å². The van der Waals surface area contributed by atoms with E-state index in [1.54, 1.807) is 18.2 Å². The molecule has 0 unspecified atom stereocenters. The van der Waals surface area contributed by atoms with Gasteiger partial charge < -0.3 is 10.4 Å². The summed E-state index contributed by atoms with van der Waals surface area (Å²) >= 11 is 0. The average molecular weight is 382 g/mol. The van der Waals surface area contributed by atoms with E-state index in [1.807, 2.05) is 54.6 Å². The molecule has 142 valence electrons. The molecule has 2 N–H and O–H groups in total. The zero-order chi connectivity index (χ0) is 20.2. The number of amides is 1. The van der Waals surface area contributed by atoms with Gasteiger partial charge in [-0.15, -0.1) is 0 Å². The number of aromatic nitrogens is 1. The summed E-state index contributed by atoms with van der Waals surface area (Å²) in [5.74, 6) is -1.18. The van der Waals surface area contributed by atoms with Crippen LogP contribution in [-0.2, 0) is 6.54 Å². The highest BCUT2D eigenvalue weighted by Gasteiger charge is 2.14. The van der Waals surface area contributed by atoms with E-state index in [2.05, 4.69) is 5.32 Å². The lowest BCUT2D eigenvalue weighted by Crippen LogP contribution is -2.23. The van der Waals surface area contributed by atoms with E-state index in [1.165, 1.54) is 12.1 Å². The predicted octanol–water partition coefficient (Wildman–Crippen LogP) is 4.53. The molecule has 0 atom stereocenters. The minimum absolute atomic E-state index is 0.205. The molecule has 5 heteroatoms. The third kappa shape index (κ3) is 3.99. The molecule has 0 spiro atoms. The van der Waals surface area contributed by atoms with Crippen LogP contribution in [0.3, 0.4) is 0 Å². The van der Waals surface area contributed by atoms with Gasteiger partial charge in [0.25, 0.3) is 5.91 Å². The third-order valence-electron chi connectivity index (χ3n) is 4.68.